The second-order valence-corrected chi connectivity index (χ2v) is 4.35. The SMILES string of the molecule is O[C@H]1/C(=C/c2ccco2)N2CCC1CC2. The molecule has 1 aromatic rings. The molecule has 0 amide bonds. The normalized spacial score (nSPS) is 32.6. The van der Waals surface area contributed by atoms with Gasteiger partial charge >= 0.3 is 0 Å². The number of nitrogens with zero attached hydrogens (tertiary/aromatic N) is 1. The summed E-state index contributed by atoms with van der Waals surface area (Å²) in [5.74, 6) is 1.29. The number of rotatable bonds is 1. The van der Waals surface area contributed by atoms with E-state index < -0.39 is 0 Å². The van der Waals surface area contributed by atoms with Crippen molar-refractivity contribution >= 4 is 6.08 Å². The average molecular weight is 205 g/mol. The Bertz CT molecular complexity index is 357. The van der Waals surface area contributed by atoms with Crippen molar-refractivity contribution in [2.75, 3.05) is 13.1 Å². The van der Waals surface area contributed by atoms with E-state index in [-0.39, 0.29) is 6.10 Å². The van der Waals surface area contributed by atoms with Crippen LogP contribution in [0, 0.1) is 5.92 Å². The highest BCUT2D eigenvalue weighted by Gasteiger charge is 2.36. The molecule has 0 radical (unpaired) electrons. The zero-order valence-corrected chi connectivity index (χ0v) is 8.60. The van der Waals surface area contributed by atoms with Gasteiger partial charge < -0.3 is 14.4 Å². The molecule has 1 N–H and O–H groups in total. The third kappa shape index (κ3) is 1.47. The molecule has 4 rings (SSSR count). The smallest absolute Gasteiger partial charge is 0.128 e. The topological polar surface area (TPSA) is 36.6 Å². The molecular formula is C12H15NO2. The first-order chi connectivity index (χ1) is 7.34. The van der Waals surface area contributed by atoms with Gasteiger partial charge in [0.05, 0.1) is 12.4 Å². The Labute approximate surface area is 89.0 Å². The lowest BCUT2D eigenvalue weighted by atomic mass is 9.83. The van der Waals surface area contributed by atoms with Gasteiger partial charge in [0.2, 0.25) is 0 Å². The molecule has 3 fully saturated rings. The van der Waals surface area contributed by atoms with Crippen LogP contribution in [-0.4, -0.2) is 29.2 Å². The van der Waals surface area contributed by atoms with Crippen molar-refractivity contribution in [1.82, 2.24) is 4.90 Å². The number of hydrogen-bond donors (Lipinski definition) is 1. The Morgan fingerprint density at radius 3 is 2.80 bits per heavy atom. The van der Waals surface area contributed by atoms with Crippen LogP contribution in [0.2, 0.25) is 0 Å². The van der Waals surface area contributed by atoms with Gasteiger partial charge in [-0.05, 0) is 30.9 Å². The van der Waals surface area contributed by atoms with E-state index in [1.54, 1.807) is 6.26 Å². The summed E-state index contributed by atoms with van der Waals surface area (Å²) in [6, 6.07) is 3.79. The van der Waals surface area contributed by atoms with Crippen LogP contribution in [0.15, 0.2) is 28.5 Å². The molecule has 0 unspecified atom stereocenters. The number of hydrogen-bond acceptors (Lipinski definition) is 3. The van der Waals surface area contributed by atoms with E-state index in [1.807, 2.05) is 18.2 Å². The summed E-state index contributed by atoms with van der Waals surface area (Å²) in [6.45, 7) is 2.16. The van der Waals surface area contributed by atoms with E-state index in [1.165, 1.54) is 0 Å². The van der Waals surface area contributed by atoms with Crippen LogP contribution < -0.4 is 0 Å². The molecule has 0 aromatic carbocycles. The van der Waals surface area contributed by atoms with Gasteiger partial charge in [0.25, 0.3) is 0 Å². The number of furan rings is 1. The van der Waals surface area contributed by atoms with Gasteiger partial charge in [-0.2, -0.15) is 0 Å². The van der Waals surface area contributed by atoms with Gasteiger partial charge in [0.15, 0.2) is 0 Å². The minimum absolute atomic E-state index is 0.294. The molecule has 0 spiro atoms. The summed E-state index contributed by atoms with van der Waals surface area (Å²) >= 11 is 0. The van der Waals surface area contributed by atoms with Gasteiger partial charge in [-0.15, -0.1) is 0 Å². The van der Waals surface area contributed by atoms with Crippen molar-refractivity contribution in [1.29, 1.82) is 0 Å². The number of fused-ring (bicyclic) bond motifs is 3. The summed E-state index contributed by atoms with van der Waals surface area (Å²) in [6.07, 6.45) is 5.58. The van der Waals surface area contributed by atoms with Crippen molar-refractivity contribution in [3.8, 4) is 0 Å². The molecule has 3 saturated heterocycles. The highest BCUT2D eigenvalue weighted by molar-refractivity contribution is 5.49. The summed E-state index contributed by atoms with van der Waals surface area (Å²) in [5.41, 5.74) is 1.03. The van der Waals surface area contributed by atoms with Crippen molar-refractivity contribution in [2.45, 2.75) is 18.9 Å². The minimum atomic E-state index is -0.294. The maximum atomic E-state index is 10.1. The summed E-state index contributed by atoms with van der Waals surface area (Å²) in [5, 5.41) is 10.1. The van der Waals surface area contributed by atoms with E-state index >= 15 is 0 Å². The Kier molecular flexibility index (Phi) is 2.06. The van der Waals surface area contributed by atoms with Crippen LogP contribution in [0.4, 0.5) is 0 Å². The molecule has 2 bridgehead atoms. The molecule has 3 aliphatic heterocycles. The fourth-order valence-corrected chi connectivity index (χ4v) is 2.60. The number of aliphatic hydroxyl groups excluding tert-OH is 1. The fourth-order valence-electron chi connectivity index (χ4n) is 2.60. The molecular weight excluding hydrogens is 190 g/mol. The summed E-state index contributed by atoms with van der Waals surface area (Å²) in [4.78, 5) is 2.27. The monoisotopic (exact) mass is 205 g/mol. The summed E-state index contributed by atoms with van der Waals surface area (Å²) < 4.78 is 5.28. The molecule has 3 nitrogen and oxygen atoms in total. The molecule has 1 atom stereocenters. The lowest BCUT2D eigenvalue weighted by molar-refractivity contribution is 0.0213. The lowest BCUT2D eigenvalue weighted by Crippen LogP contribution is -2.48. The largest absolute Gasteiger partial charge is 0.465 e. The molecule has 80 valence electrons. The molecule has 3 heteroatoms. The van der Waals surface area contributed by atoms with E-state index in [2.05, 4.69) is 4.90 Å². The number of piperidine rings is 3. The van der Waals surface area contributed by atoms with Gasteiger partial charge in [0, 0.05) is 24.9 Å². The van der Waals surface area contributed by atoms with Crippen LogP contribution in [0.1, 0.15) is 18.6 Å². The van der Waals surface area contributed by atoms with Crippen LogP contribution in [0.3, 0.4) is 0 Å². The van der Waals surface area contributed by atoms with Crippen molar-refractivity contribution in [2.24, 2.45) is 5.92 Å². The van der Waals surface area contributed by atoms with E-state index in [9.17, 15) is 5.11 Å². The second-order valence-electron chi connectivity index (χ2n) is 4.35. The average Bonchev–Trinajstić information content (AvgIpc) is 2.77. The minimum Gasteiger partial charge on any atom is -0.465 e. The Morgan fingerprint density at radius 2 is 2.20 bits per heavy atom. The van der Waals surface area contributed by atoms with Crippen molar-refractivity contribution in [3.05, 3.63) is 29.9 Å². The van der Waals surface area contributed by atoms with Crippen molar-refractivity contribution < 1.29 is 9.52 Å². The highest BCUT2D eigenvalue weighted by atomic mass is 16.3. The lowest BCUT2D eigenvalue weighted by Gasteiger charge is -2.45. The maximum absolute atomic E-state index is 10.1. The van der Waals surface area contributed by atoms with E-state index in [0.717, 1.165) is 37.4 Å². The van der Waals surface area contributed by atoms with Crippen LogP contribution in [0.25, 0.3) is 6.08 Å². The van der Waals surface area contributed by atoms with Crippen LogP contribution in [-0.2, 0) is 0 Å². The quantitative estimate of drug-likeness (QED) is 0.758. The fraction of sp³-hybridized carbons (Fsp3) is 0.500. The van der Waals surface area contributed by atoms with E-state index in [0.29, 0.717) is 5.92 Å². The van der Waals surface area contributed by atoms with E-state index in [4.69, 9.17) is 4.42 Å². The Morgan fingerprint density at radius 1 is 1.40 bits per heavy atom. The van der Waals surface area contributed by atoms with Gasteiger partial charge in [-0.3, -0.25) is 0 Å². The maximum Gasteiger partial charge on any atom is 0.128 e. The van der Waals surface area contributed by atoms with Crippen LogP contribution in [0.5, 0.6) is 0 Å². The first-order valence-electron chi connectivity index (χ1n) is 5.53. The van der Waals surface area contributed by atoms with Crippen LogP contribution >= 0.6 is 0 Å². The van der Waals surface area contributed by atoms with Gasteiger partial charge in [-0.25, -0.2) is 0 Å². The highest BCUT2D eigenvalue weighted by Crippen LogP contribution is 2.35. The predicted octanol–water partition coefficient (Wildman–Crippen LogP) is 1.71. The first kappa shape index (κ1) is 9.04. The molecule has 0 aliphatic carbocycles. The zero-order chi connectivity index (χ0) is 10.3. The third-order valence-electron chi connectivity index (χ3n) is 3.49. The number of aliphatic hydroxyl groups is 1. The Hall–Kier alpha value is -1.22. The molecule has 4 heterocycles. The molecule has 1 aromatic heterocycles. The molecule has 3 aliphatic rings. The first-order valence-corrected chi connectivity index (χ1v) is 5.53. The third-order valence-corrected chi connectivity index (χ3v) is 3.49. The van der Waals surface area contributed by atoms with Gasteiger partial charge in [-0.1, -0.05) is 0 Å². The standard InChI is InChI=1S/C12H15NO2/c14-12-9-3-5-13(6-4-9)11(12)8-10-2-1-7-15-10/h1-2,7-9,12,14H,3-6H2/b11-8-/t12-/m1/s1. The zero-order valence-electron chi connectivity index (χ0n) is 8.60. The second kappa shape index (κ2) is 3.42. The van der Waals surface area contributed by atoms with Gasteiger partial charge in [0.1, 0.15) is 5.76 Å². The van der Waals surface area contributed by atoms with Crippen molar-refractivity contribution in [3.63, 3.8) is 0 Å². The molecule has 15 heavy (non-hydrogen) atoms. The predicted molar refractivity (Wildman–Crippen MR) is 57.0 cm³/mol. The Balaban J connectivity index is 1.92. The summed E-state index contributed by atoms with van der Waals surface area (Å²) in [7, 11) is 0. The molecule has 0 saturated carbocycles.